The third-order valence-corrected chi connectivity index (χ3v) is 4.83. The van der Waals surface area contributed by atoms with E-state index >= 15 is 0 Å². The van der Waals surface area contributed by atoms with E-state index in [1.807, 2.05) is 49.4 Å². The summed E-state index contributed by atoms with van der Waals surface area (Å²) in [6, 6.07) is 13.5. The van der Waals surface area contributed by atoms with Gasteiger partial charge in [-0.3, -0.25) is 9.59 Å². The largest absolute Gasteiger partial charge is 0.441 e. The lowest BCUT2D eigenvalue weighted by Gasteiger charge is -2.16. The summed E-state index contributed by atoms with van der Waals surface area (Å²) >= 11 is 0. The van der Waals surface area contributed by atoms with Crippen molar-refractivity contribution in [2.75, 3.05) is 11.4 Å². The number of amides is 2. The van der Waals surface area contributed by atoms with Gasteiger partial charge < -0.3 is 14.6 Å². The molecule has 6 nitrogen and oxygen atoms in total. The number of nitrogens with zero attached hydrogens (tertiary/aromatic N) is 2. The lowest BCUT2D eigenvalue weighted by molar-refractivity contribution is -0.126. The Labute approximate surface area is 157 Å². The molecular formula is C21H21N3O3. The highest BCUT2D eigenvalue weighted by Gasteiger charge is 2.35. The Morgan fingerprint density at radius 3 is 2.93 bits per heavy atom. The molecule has 0 bridgehead atoms. The smallest absolute Gasteiger partial charge is 0.227 e. The van der Waals surface area contributed by atoms with Gasteiger partial charge in [0, 0.05) is 32.1 Å². The van der Waals surface area contributed by atoms with Gasteiger partial charge in [-0.2, -0.15) is 0 Å². The Kier molecular flexibility index (Phi) is 4.39. The maximum absolute atomic E-state index is 12.5. The summed E-state index contributed by atoms with van der Waals surface area (Å²) in [6.45, 7) is 4.65. The lowest BCUT2D eigenvalue weighted by Crippen LogP contribution is -2.32. The second kappa shape index (κ2) is 6.87. The molecule has 3 aromatic rings. The predicted molar refractivity (Wildman–Crippen MR) is 102 cm³/mol. The first-order valence-electron chi connectivity index (χ1n) is 9.00. The van der Waals surface area contributed by atoms with Crippen LogP contribution in [0.15, 0.2) is 46.9 Å². The molecule has 1 fully saturated rings. The summed E-state index contributed by atoms with van der Waals surface area (Å²) in [4.78, 5) is 30.9. The number of hydrogen-bond acceptors (Lipinski definition) is 4. The molecule has 4 rings (SSSR count). The fraction of sp³-hybridized carbons (Fsp3) is 0.286. The van der Waals surface area contributed by atoms with Crippen LogP contribution in [0.4, 0.5) is 5.69 Å². The Hall–Kier alpha value is -3.15. The van der Waals surface area contributed by atoms with Crippen molar-refractivity contribution in [3.63, 3.8) is 0 Å². The van der Waals surface area contributed by atoms with Crippen molar-refractivity contribution in [2.24, 2.45) is 5.92 Å². The summed E-state index contributed by atoms with van der Waals surface area (Å²) in [5, 5.41) is 2.95. The molecule has 6 heteroatoms. The number of oxazole rings is 1. The summed E-state index contributed by atoms with van der Waals surface area (Å²) in [5.41, 5.74) is 4.36. The Morgan fingerprint density at radius 1 is 1.26 bits per heavy atom. The fourth-order valence-electron chi connectivity index (χ4n) is 3.49. The van der Waals surface area contributed by atoms with Gasteiger partial charge in [0.1, 0.15) is 5.52 Å². The molecule has 1 atom stereocenters. The number of benzene rings is 2. The predicted octanol–water partition coefficient (Wildman–Crippen LogP) is 3.11. The minimum atomic E-state index is -0.350. The summed E-state index contributed by atoms with van der Waals surface area (Å²) in [5.74, 6) is 0.0938. The molecule has 0 radical (unpaired) electrons. The van der Waals surface area contributed by atoms with Gasteiger partial charge >= 0.3 is 0 Å². The van der Waals surface area contributed by atoms with Crippen molar-refractivity contribution in [3.05, 3.63) is 59.5 Å². The van der Waals surface area contributed by atoms with E-state index in [0.29, 0.717) is 30.1 Å². The normalized spacial score (nSPS) is 16.9. The van der Waals surface area contributed by atoms with E-state index < -0.39 is 0 Å². The van der Waals surface area contributed by atoms with Crippen LogP contribution in [0.5, 0.6) is 0 Å². The van der Waals surface area contributed by atoms with Crippen molar-refractivity contribution in [3.8, 4) is 0 Å². The van der Waals surface area contributed by atoms with Crippen LogP contribution in [-0.2, 0) is 16.1 Å². The van der Waals surface area contributed by atoms with Crippen LogP contribution in [0.1, 0.15) is 23.4 Å². The van der Waals surface area contributed by atoms with E-state index in [9.17, 15) is 9.59 Å². The SMILES string of the molecule is Cc1cccc(CNC(=O)[C@@H]2CC(=O)N(c3ccc4oc(C)nc4c3)C2)c1. The Morgan fingerprint density at radius 2 is 2.11 bits per heavy atom. The van der Waals surface area contributed by atoms with E-state index in [1.165, 1.54) is 0 Å². The van der Waals surface area contributed by atoms with E-state index in [4.69, 9.17) is 4.42 Å². The molecule has 1 aliphatic rings. The topological polar surface area (TPSA) is 75.4 Å². The fourth-order valence-corrected chi connectivity index (χ4v) is 3.49. The highest BCUT2D eigenvalue weighted by atomic mass is 16.3. The molecule has 2 heterocycles. The van der Waals surface area contributed by atoms with Gasteiger partial charge in [0.25, 0.3) is 0 Å². The number of nitrogens with one attached hydrogen (secondary N) is 1. The standard InChI is InChI=1S/C21H21N3O3/c1-13-4-3-5-15(8-13)11-22-21(26)16-9-20(25)24(12-16)17-6-7-19-18(10-17)23-14(2)27-19/h3-8,10,16H,9,11-12H2,1-2H3,(H,22,26)/t16-/m1/s1. The van der Waals surface area contributed by atoms with Crippen molar-refractivity contribution in [1.29, 1.82) is 0 Å². The molecule has 0 spiro atoms. The van der Waals surface area contributed by atoms with Crippen LogP contribution >= 0.6 is 0 Å². The van der Waals surface area contributed by atoms with Crippen molar-refractivity contribution in [2.45, 2.75) is 26.8 Å². The zero-order valence-electron chi connectivity index (χ0n) is 15.4. The molecule has 27 heavy (non-hydrogen) atoms. The second-order valence-electron chi connectivity index (χ2n) is 7.00. The maximum atomic E-state index is 12.5. The first-order valence-corrected chi connectivity index (χ1v) is 9.00. The van der Waals surface area contributed by atoms with E-state index in [0.717, 1.165) is 16.8 Å². The highest BCUT2D eigenvalue weighted by molar-refractivity contribution is 6.01. The van der Waals surface area contributed by atoms with E-state index in [1.54, 1.807) is 11.8 Å². The third kappa shape index (κ3) is 3.56. The average Bonchev–Trinajstić information content (AvgIpc) is 3.20. The van der Waals surface area contributed by atoms with Gasteiger partial charge in [0.05, 0.1) is 5.92 Å². The molecule has 1 saturated heterocycles. The van der Waals surface area contributed by atoms with Crippen LogP contribution in [0.3, 0.4) is 0 Å². The number of rotatable bonds is 4. The minimum Gasteiger partial charge on any atom is -0.441 e. The van der Waals surface area contributed by atoms with Crippen LogP contribution in [0, 0.1) is 19.8 Å². The zero-order valence-corrected chi connectivity index (χ0v) is 15.4. The van der Waals surface area contributed by atoms with Gasteiger partial charge in [-0.1, -0.05) is 29.8 Å². The van der Waals surface area contributed by atoms with Crippen molar-refractivity contribution in [1.82, 2.24) is 10.3 Å². The average molecular weight is 363 g/mol. The number of anilines is 1. The molecule has 1 N–H and O–H groups in total. The van der Waals surface area contributed by atoms with Crippen LogP contribution in [0.25, 0.3) is 11.1 Å². The molecule has 138 valence electrons. The molecule has 1 aromatic heterocycles. The molecule has 0 unspecified atom stereocenters. The first-order chi connectivity index (χ1) is 13.0. The summed E-state index contributed by atoms with van der Waals surface area (Å²) in [6.07, 6.45) is 0.218. The van der Waals surface area contributed by atoms with Crippen molar-refractivity contribution >= 4 is 28.6 Å². The Bertz CT molecular complexity index is 1020. The number of aryl methyl sites for hydroxylation is 2. The van der Waals surface area contributed by atoms with Gasteiger partial charge in [-0.15, -0.1) is 0 Å². The second-order valence-corrected chi connectivity index (χ2v) is 7.00. The van der Waals surface area contributed by atoms with Crippen LogP contribution in [0.2, 0.25) is 0 Å². The quantitative estimate of drug-likeness (QED) is 0.773. The first kappa shape index (κ1) is 17.3. The Balaban J connectivity index is 1.43. The van der Waals surface area contributed by atoms with Gasteiger partial charge in [0.2, 0.25) is 11.8 Å². The lowest BCUT2D eigenvalue weighted by atomic mass is 10.1. The van der Waals surface area contributed by atoms with Crippen LogP contribution in [-0.4, -0.2) is 23.3 Å². The number of carbonyl (C=O) groups excluding carboxylic acids is 2. The molecule has 2 amide bonds. The highest BCUT2D eigenvalue weighted by Crippen LogP contribution is 2.28. The van der Waals surface area contributed by atoms with E-state index in [2.05, 4.69) is 10.3 Å². The van der Waals surface area contributed by atoms with Gasteiger partial charge in [-0.05, 0) is 30.7 Å². The molecule has 0 saturated carbocycles. The minimum absolute atomic E-state index is 0.0507. The summed E-state index contributed by atoms with van der Waals surface area (Å²) < 4.78 is 5.48. The number of fused-ring (bicyclic) bond motifs is 1. The number of aromatic nitrogens is 1. The van der Waals surface area contributed by atoms with Crippen molar-refractivity contribution < 1.29 is 14.0 Å². The third-order valence-electron chi connectivity index (χ3n) is 4.83. The number of hydrogen-bond donors (Lipinski definition) is 1. The zero-order chi connectivity index (χ0) is 19.0. The molecule has 2 aromatic carbocycles. The van der Waals surface area contributed by atoms with Crippen LogP contribution < -0.4 is 10.2 Å². The molecule has 0 aliphatic carbocycles. The molecule has 1 aliphatic heterocycles. The number of carbonyl (C=O) groups is 2. The monoisotopic (exact) mass is 363 g/mol. The van der Waals surface area contributed by atoms with E-state index in [-0.39, 0.29) is 24.2 Å². The molecular weight excluding hydrogens is 342 g/mol. The van der Waals surface area contributed by atoms with Gasteiger partial charge in [-0.25, -0.2) is 4.98 Å². The van der Waals surface area contributed by atoms with Gasteiger partial charge in [0.15, 0.2) is 11.5 Å². The maximum Gasteiger partial charge on any atom is 0.227 e. The summed E-state index contributed by atoms with van der Waals surface area (Å²) in [7, 11) is 0.